The molecule has 2 unspecified atom stereocenters. The molecule has 4 heterocycles. The predicted molar refractivity (Wildman–Crippen MR) is 112 cm³/mol. The number of ether oxygens (including phenoxy) is 1. The number of piperidine rings is 1. The summed E-state index contributed by atoms with van der Waals surface area (Å²) in [6.45, 7) is 4.19. The smallest absolute Gasteiger partial charge is 0.187 e. The summed E-state index contributed by atoms with van der Waals surface area (Å²) in [6, 6.07) is 14.0. The number of rotatable bonds is 3. The van der Waals surface area contributed by atoms with Gasteiger partial charge < -0.3 is 10.1 Å². The lowest BCUT2D eigenvalue weighted by Gasteiger charge is -2.30. The van der Waals surface area contributed by atoms with Gasteiger partial charge in [-0.2, -0.15) is 0 Å². The standard InChI is InChI=1S/C21H20BrN5O/c1-13-11-23-10-9-17(13)28-18-4-2-3-14-5-7-16(24-20(14)18)21-26-25-19-8-6-15(22)12-27(19)21/h2-8,12-13,17,23H,9-11H2,1H3. The molecule has 0 spiro atoms. The monoisotopic (exact) mass is 437 g/mol. The van der Waals surface area contributed by atoms with Crippen molar-refractivity contribution in [3.8, 4) is 17.3 Å². The van der Waals surface area contributed by atoms with E-state index in [2.05, 4.69) is 50.5 Å². The molecule has 3 aromatic heterocycles. The Morgan fingerprint density at radius 1 is 1.14 bits per heavy atom. The summed E-state index contributed by atoms with van der Waals surface area (Å²) in [7, 11) is 0. The highest BCUT2D eigenvalue weighted by Gasteiger charge is 2.23. The lowest BCUT2D eigenvalue weighted by molar-refractivity contribution is 0.113. The molecule has 5 rings (SSSR count). The molecule has 0 aliphatic carbocycles. The van der Waals surface area contributed by atoms with Crippen molar-refractivity contribution in [2.75, 3.05) is 13.1 Å². The van der Waals surface area contributed by atoms with Crippen LogP contribution in [-0.4, -0.2) is 38.8 Å². The van der Waals surface area contributed by atoms with Crippen LogP contribution in [0.5, 0.6) is 5.75 Å². The van der Waals surface area contributed by atoms with Crippen molar-refractivity contribution in [3.05, 3.63) is 53.1 Å². The van der Waals surface area contributed by atoms with Crippen molar-refractivity contribution in [2.24, 2.45) is 5.92 Å². The van der Waals surface area contributed by atoms with E-state index in [4.69, 9.17) is 9.72 Å². The van der Waals surface area contributed by atoms with Crippen LogP contribution >= 0.6 is 15.9 Å². The molecule has 7 heteroatoms. The minimum Gasteiger partial charge on any atom is -0.488 e. The van der Waals surface area contributed by atoms with Gasteiger partial charge in [0.15, 0.2) is 11.5 Å². The third-order valence-electron chi connectivity index (χ3n) is 5.26. The fourth-order valence-electron chi connectivity index (χ4n) is 3.71. The van der Waals surface area contributed by atoms with Crippen LogP contribution in [0, 0.1) is 5.92 Å². The number of benzene rings is 1. The summed E-state index contributed by atoms with van der Waals surface area (Å²) in [5, 5.41) is 13.1. The van der Waals surface area contributed by atoms with Crippen LogP contribution in [0.3, 0.4) is 0 Å². The maximum absolute atomic E-state index is 6.41. The minimum atomic E-state index is 0.196. The van der Waals surface area contributed by atoms with Crippen LogP contribution < -0.4 is 10.1 Å². The molecule has 2 atom stereocenters. The van der Waals surface area contributed by atoms with E-state index in [-0.39, 0.29) is 6.10 Å². The highest BCUT2D eigenvalue weighted by atomic mass is 79.9. The normalized spacial score (nSPS) is 19.9. The number of nitrogens with one attached hydrogen (secondary N) is 1. The fourth-order valence-corrected chi connectivity index (χ4v) is 4.04. The van der Waals surface area contributed by atoms with Gasteiger partial charge in [0, 0.05) is 28.5 Å². The third-order valence-corrected chi connectivity index (χ3v) is 5.73. The number of nitrogens with zero attached hydrogens (tertiary/aromatic N) is 4. The first kappa shape index (κ1) is 17.6. The minimum absolute atomic E-state index is 0.196. The van der Waals surface area contributed by atoms with E-state index in [0.29, 0.717) is 11.7 Å². The fraction of sp³-hybridized carbons (Fsp3) is 0.286. The zero-order chi connectivity index (χ0) is 19.1. The Kier molecular flexibility index (Phi) is 4.49. The van der Waals surface area contributed by atoms with Gasteiger partial charge in [0.25, 0.3) is 0 Å². The molecule has 1 N–H and O–H groups in total. The van der Waals surface area contributed by atoms with Crippen LogP contribution in [0.25, 0.3) is 28.1 Å². The zero-order valence-electron chi connectivity index (χ0n) is 15.5. The Balaban J connectivity index is 1.59. The van der Waals surface area contributed by atoms with Crippen LogP contribution in [-0.2, 0) is 0 Å². The van der Waals surface area contributed by atoms with Gasteiger partial charge in [0.2, 0.25) is 0 Å². The van der Waals surface area contributed by atoms with E-state index in [9.17, 15) is 0 Å². The first-order valence-corrected chi connectivity index (χ1v) is 10.3. The Bertz CT molecular complexity index is 1160. The third kappa shape index (κ3) is 3.14. The van der Waals surface area contributed by atoms with E-state index >= 15 is 0 Å². The van der Waals surface area contributed by atoms with Crippen molar-refractivity contribution in [2.45, 2.75) is 19.4 Å². The maximum atomic E-state index is 6.41. The SMILES string of the molecule is CC1CNCCC1Oc1cccc2ccc(-c3nnc4ccc(Br)cn34)nc12. The van der Waals surface area contributed by atoms with Crippen molar-refractivity contribution in [1.82, 2.24) is 24.9 Å². The molecule has 1 fully saturated rings. The van der Waals surface area contributed by atoms with Gasteiger partial charge in [0.1, 0.15) is 23.1 Å². The van der Waals surface area contributed by atoms with Crippen LogP contribution in [0.2, 0.25) is 0 Å². The number of fused-ring (bicyclic) bond motifs is 2. The van der Waals surface area contributed by atoms with E-state index in [1.165, 1.54) is 0 Å². The first-order chi connectivity index (χ1) is 13.7. The van der Waals surface area contributed by atoms with E-state index in [0.717, 1.165) is 52.0 Å². The highest BCUT2D eigenvalue weighted by molar-refractivity contribution is 9.10. The first-order valence-electron chi connectivity index (χ1n) is 9.47. The van der Waals surface area contributed by atoms with Crippen molar-refractivity contribution >= 4 is 32.5 Å². The Morgan fingerprint density at radius 3 is 2.96 bits per heavy atom. The summed E-state index contributed by atoms with van der Waals surface area (Å²) >= 11 is 3.51. The molecule has 0 amide bonds. The lowest BCUT2D eigenvalue weighted by atomic mass is 9.98. The molecule has 1 aliphatic heterocycles. The number of halogens is 1. The molecular weight excluding hydrogens is 418 g/mol. The number of para-hydroxylation sites is 1. The van der Waals surface area contributed by atoms with Gasteiger partial charge in [-0.1, -0.05) is 25.1 Å². The van der Waals surface area contributed by atoms with Crippen LogP contribution in [0.4, 0.5) is 0 Å². The summed E-state index contributed by atoms with van der Waals surface area (Å²) in [4.78, 5) is 4.91. The lowest BCUT2D eigenvalue weighted by Crippen LogP contribution is -2.41. The molecule has 6 nitrogen and oxygen atoms in total. The van der Waals surface area contributed by atoms with Gasteiger partial charge in [-0.05, 0) is 53.2 Å². The summed E-state index contributed by atoms with van der Waals surface area (Å²) in [5.74, 6) is 2.00. The van der Waals surface area contributed by atoms with Gasteiger partial charge in [-0.25, -0.2) is 4.98 Å². The summed E-state index contributed by atoms with van der Waals surface area (Å²) in [5.41, 5.74) is 2.41. The number of aromatic nitrogens is 4. The number of pyridine rings is 2. The average molecular weight is 438 g/mol. The molecule has 4 aromatic rings. The second-order valence-corrected chi connectivity index (χ2v) is 8.17. The molecular formula is C21H20BrN5O. The van der Waals surface area contributed by atoms with Gasteiger partial charge in [0.05, 0.1) is 0 Å². The number of hydrogen-bond donors (Lipinski definition) is 1. The second-order valence-electron chi connectivity index (χ2n) is 7.25. The zero-order valence-corrected chi connectivity index (χ0v) is 17.1. The van der Waals surface area contributed by atoms with Crippen molar-refractivity contribution < 1.29 is 4.74 Å². The Labute approximate surface area is 171 Å². The Morgan fingerprint density at radius 2 is 2.07 bits per heavy atom. The van der Waals surface area contributed by atoms with Crippen LogP contribution in [0.15, 0.2) is 53.1 Å². The maximum Gasteiger partial charge on any atom is 0.187 e. The molecule has 1 aliphatic rings. The predicted octanol–water partition coefficient (Wildman–Crippen LogP) is 4.08. The van der Waals surface area contributed by atoms with Gasteiger partial charge in [-0.3, -0.25) is 4.40 Å². The molecule has 28 heavy (non-hydrogen) atoms. The van der Waals surface area contributed by atoms with Gasteiger partial charge in [-0.15, -0.1) is 10.2 Å². The molecule has 0 radical (unpaired) electrons. The molecule has 0 bridgehead atoms. The van der Waals surface area contributed by atoms with Crippen molar-refractivity contribution in [1.29, 1.82) is 0 Å². The molecule has 0 saturated carbocycles. The van der Waals surface area contributed by atoms with Crippen molar-refractivity contribution in [3.63, 3.8) is 0 Å². The average Bonchev–Trinajstić information content (AvgIpc) is 3.12. The summed E-state index contributed by atoms with van der Waals surface area (Å²) in [6.07, 6.45) is 3.15. The van der Waals surface area contributed by atoms with E-state index in [1.54, 1.807) is 0 Å². The summed E-state index contributed by atoms with van der Waals surface area (Å²) < 4.78 is 9.31. The quantitative estimate of drug-likeness (QED) is 0.522. The topological polar surface area (TPSA) is 64.3 Å². The van der Waals surface area contributed by atoms with Gasteiger partial charge >= 0.3 is 0 Å². The van der Waals surface area contributed by atoms with E-state index < -0.39 is 0 Å². The molecule has 1 aromatic carbocycles. The largest absolute Gasteiger partial charge is 0.488 e. The Hall–Kier alpha value is -2.51. The van der Waals surface area contributed by atoms with E-state index in [1.807, 2.05) is 40.9 Å². The second kappa shape index (κ2) is 7.14. The molecule has 142 valence electrons. The number of hydrogen-bond acceptors (Lipinski definition) is 5. The molecule has 1 saturated heterocycles. The van der Waals surface area contributed by atoms with Crippen LogP contribution in [0.1, 0.15) is 13.3 Å². The highest BCUT2D eigenvalue weighted by Crippen LogP contribution is 2.30.